The summed E-state index contributed by atoms with van der Waals surface area (Å²) in [6.45, 7) is 0.897. The first-order chi connectivity index (χ1) is 12.3. The molecule has 114 valence electrons. The molecule has 2 aromatic carbocycles. The maximum absolute atomic E-state index is 6.31. The number of hydrogen-bond acceptors (Lipinski definition) is 0. The van der Waals surface area contributed by atoms with E-state index in [1.54, 1.807) is 4.48 Å². The van der Waals surface area contributed by atoms with Gasteiger partial charge >= 0.3 is 19.3 Å². The lowest BCUT2D eigenvalue weighted by molar-refractivity contribution is -0.604. The molecule has 0 saturated heterocycles. The van der Waals surface area contributed by atoms with Gasteiger partial charge in [-0.05, 0) is 11.6 Å². The summed E-state index contributed by atoms with van der Waals surface area (Å²) in [5.41, 5.74) is 6.05. The van der Waals surface area contributed by atoms with Crippen LogP contribution in [0.2, 0.25) is 0 Å². The summed E-state index contributed by atoms with van der Waals surface area (Å²) in [4.78, 5) is 0. The standard InChI is InChI=1S/C21H14BN3/c22-25-11-5-10-17-16-9-4-8-15-12-23-18(14-6-2-1-3-7-14)13-24(20(17)25)21(23)19(15)16/h1-11,13H,12H2/q+2. The molecule has 0 N–H and O–H groups in total. The van der Waals surface area contributed by atoms with Crippen molar-refractivity contribution < 1.29 is 8.88 Å². The average Bonchev–Trinajstić information content (AvgIpc) is 3.20. The van der Waals surface area contributed by atoms with Gasteiger partial charge in [-0.2, -0.15) is 0 Å². The number of imidazole rings is 1. The van der Waals surface area contributed by atoms with E-state index in [9.17, 15) is 0 Å². The van der Waals surface area contributed by atoms with E-state index in [4.69, 9.17) is 7.98 Å². The molecule has 6 rings (SSSR count). The first-order valence-corrected chi connectivity index (χ1v) is 8.46. The minimum atomic E-state index is 0.897. The molecule has 0 amide bonds. The summed E-state index contributed by atoms with van der Waals surface area (Å²) in [5, 5.41) is 3.78. The quantitative estimate of drug-likeness (QED) is 0.251. The van der Waals surface area contributed by atoms with Crippen molar-refractivity contribution in [1.82, 2.24) is 4.57 Å². The van der Waals surface area contributed by atoms with Crippen LogP contribution in [-0.2, 0) is 6.54 Å². The van der Waals surface area contributed by atoms with Gasteiger partial charge in [-0.15, -0.1) is 0 Å². The van der Waals surface area contributed by atoms with Crippen LogP contribution in [0.25, 0.3) is 38.7 Å². The SMILES string of the molecule is [B][n+]1cccc2c3cccc4c3c3n(c(-c5ccccc5)c[n+]3c21)C4. The van der Waals surface area contributed by atoms with E-state index >= 15 is 0 Å². The monoisotopic (exact) mass is 319 g/mol. The number of fused-ring (bicyclic) bond motifs is 3. The summed E-state index contributed by atoms with van der Waals surface area (Å²) in [6.07, 6.45) is 4.12. The van der Waals surface area contributed by atoms with Crippen LogP contribution in [0.15, 0.2) is 73.1 Å². The van der Waals surface area contributed by atoms with Gasteiger partial charge in [0.2, 0.25) is 6.20 Å². The highest BCUT2D eigenvalue weighted by Crippen LogP contribution is 2.36. The molecule has 0 spiro atoms. The molecule has 0 aliphatic carbocycles. The Bertz CT molecular complexity index is 1310. The largest absolute Gasteiger partial charge is 0.592 e. The highest BCUT2D eigenvalue weighted by Gasteiger charge is 2.33. The van der Waals surface area contributed by atoms with Crippen LogP contribution in [0.1, 0.15) is 5.56 Å². The molecule has 1 aliphatic rings. The summed E-state index contributed by atoms with van der Waals surface area (Å²) >= 11 is 0. The van der Waals surface area contributed by atoms with E-state index in [0.29, 0.717) is 0 Å². The van der Waals surface area contributed by atoms with Gasteiger partial charge in [0.15, 0.2) is 0 Å². The molecule has 25 heavy (non-hydrogen) atoms. The molecule has 1 aliphatic heterocycles. The van der Waals surface area contributed by atoms with Crippen LogP contribution >= 0.6 is 0 Å². The second kappa shape index (κ2) is 4.48. The lowest BCUT2D eigenvalue weighted by Crippen LogP contribution is -2.41. The number of hydrogen-bond donors (Lipinski definition) is 0. The molecule has 5 aromatic rings. The maximum atomic E-state index is 6.31. The molecule has 3 nitrogen and oxygen atoms in total. The third-order valence-corrected chi connectivity index (χ3v) is 5.31. The second-order valence-electron chi connectivity index (χ2n) is 6.65. The van der Waals surface area contributed by atoms with Crippen molar-refractivity contribution in [3.05, 3.63) is 78.6 Å². The molecular formula is C21H14BN3+2. The van der Waals surface area contributed by atoms with Crippen LogP contribution in [0.4, 0.5) is 0 Å². The van der Waals surface area contributed by atoms with E-state index in [0.717, 1.165) is 12.2 Å². The molecule has 4 heteroatoms. The fraction of sp³-hybridized carbons (Fsp3) is 0.0476. The lowest BCUT2D eigenvalue weighted by atomic mass is 10.0. The molecule has 3 aromatic heterocycles. The third-order valence-electron chi connectivity index (χ3n) is 5.31. The predicted octanol–water partition coefficient (Wildman–Crippen LogP) is 2.78. The second-order valence-corrected chi connectivity index (χ2v) is 6.65. The predicted molar refractivity (Wildman–Crippen MR) is 98.5 cm³/mol. The number of benzene rings is 2. The summed E-state index contributed by atoms with van der Waals surface area (Å²) in [6, 6.07) is 21.3. The van der Waals surface area contributed by atoms with E-state index in [1.807, 2.05) is 12.3 Å². The Labute approximate surface area is 145 Å². The first-order valence-electron chi connectivity index (χ1n) is 8.46. The van der Waals surface area contributed by atoms with Crippen molar-refractivity contribution >= 4 is 35.4 Å². The van der Waals surface area contributed by atoms with Gasteiger partial charge < -0.3 is 0 Å². The van der Waals surface area contributed by atoms with Crippen molar-refractivity contribution in [1.29, 1.82) is 0 Å². The van der Waals surface area contributed by atoms with Crippen molar-refractivity contribution in [2.24, 2.45) is 0 Å². The van der Waals surface area contributed by atoms with E-state index in [2.05, 4.69) is 69.8 Å². The van der Waals surface area contributed by atoms with Gasteiger partial charge in [-0.25, -0.2) is 4.48 Å². The molecule has 0 saturated carbocycles. The fourth-order valence-electron chi connectivity index (χ4n) is 4.28. The molecular weight excluding hydrogens is 305 g/mol. The van der Waals surface area contributed by atoms with Gasteiger partial charge in [0.1, 0.15) is 17.3 Å². The number of aromatic nitrogens is 3. The first kappa shape index (κ1) is 13.2. The van der Waals surface area contributed by atoms with Crippen molar-refractivity contribution in [3.8, 4) is 11.3 Å². The Morgan fingerprint density at radius 2 is 1.72 bits per heavy atom. The Kier molecular flexibility index (Phi) is 2.36. The number of pyridine rings is 2. The van der Waals surface area contributed by atoms with Crippen molar-refractivity contribution in [3.63, 3.8) is 0 Å². The third kappa shape index (κ3) is 1.57. The summed E-state index contributed by atoms with van der Waals surface area (Å²) < 4.78 is 6.37. The Hall–Kier alpha value is -3.14. The number of nitrogens with zero attached hydrogens (tertiary/aromatic N) is 3. The van der Waals surface area contributed by atoms with E-state index < -0.39 is 0 Å². The molecule has 4 heterocycles. The minimum Gasteiger partial charge on any atom is -0.277 e. The smallest absolute Gasteiger partial charge is 0.277 e. The zero-order chi connectivity index (χ0) is 16.5. The van der Waals surface area contributed by atoms with Crippen LogP contribution in [-0.4, -0.2) is 12.5 Å². The normalized spacial score (nSPS) is 12.8. The zero-order valence-corrected chi connectivity index (χ0v) is 13.6. The highest BCUT2D eigenvalue weighted by atomic mass is 15.2. The van der Waals surface area contributed by atoms with Crippen molar-refractivity contribution in [2.45, 2.75) is 6.54 Å². The van der Waals surface area contributed by atoms with Gasteiger partial charge in [0, 0.05) is 17.0 Å². The van der Waals surface area contributed by atoms with Crippen LogP contribution < -0.4 is 8.88 Å². The van der Waals surface area contributed by atoms with Gasteiger partial charge in [0.05, 0.1) is 11.9 Å². The Balaban J connectivity index is 1.91. The molecule has 2 radical (unpaired) electrons. The van der Waals surface area contributed by atoms with Crippen molar-refractivity contribution in [2.75, 3.05) is 0 Å². The van der Waals surface area contributed by atoms with Crippen LogP contribution in [0.5, 0.6) is 0 Å². The maximum Gasteiger partial charge on any atom is 0.592 e. The molecule has 0 bridgehead atoms. The Morgan fingerprint density at radius 1 is 0.880 bits per heavy atom. The Morgan fingerprint density at radius 3 is 2.60 bits per heavy atom. The molecule has 0 fully saturated rings. The summed E-state index contributed by atoms with van der Waals surface area (Å²) in [7, 11) is 6.31. The van der Waals surface area contributed by atoms with Gasteiger partial charge in [0.25, 0.3) is 0 Å². The van der Waals surface area contributed by atoms with E-state index in [-0.39, 0.29) is 0 Å². The van der Waals surface area contributed by atoms with Crippen LogP contribution in [0, 0.1) is 0 Å². The minimum absolute atomic E-state index is 0.897. The number of rotatable bonds is 1. The molecule has 0 atom stereocenters. The fourth-order valence-corrected chi connectivity index (χ4v) is 4.28. The van der Waals surface area contributed by atoms with Gasteiger partial charge in [-0.3, -0.25) is 4.57 Å². The lowest BCUT2D eigenvalue weighted by Gasteiger charge is -2.02. The topological polar surface area (TPSA) is 12.9 Å². The average molecular weight is 319 g/mol. The van der Waals surface area contributed by atoms with Gasteiger partial charge in [-0.1, -0.05) is 52.9 Å². The van der Waals surface area contributed by atoms with E-state index in [1.165, 1.54) is 38.6 Å². The zero-order valence-electron chi connectivity index (χ0n) is 13.6. The summed E-state index contributed by atoms with van der Waals surface area (Å²) in [5.74, 6) is 0. The van der Waals surface area contributed by atoms with Crippen LogP contribution in [0.3, 0.4) is 0 Å². The highest BCUT2D eigenvalue weighted by molar-refractivity contribution is 6.11. The molecule has 0 unspecified atom stereocenters.